The van der Waals surface area contributed by atoms with Gasteiger partial charge in [-0.2, -0.15) is 0 Å². The number of allylic oxidation sites excluding steroid dienone is 1. The van der Waals surface area contributed by atoms with E-state index in [1.807, 2.05) is 0 Å². The molecule has 0 aromatic carbocycles. The van der Waals surface area contributed by atoms with Crippen LogP contribution in [0.15, 0.2) is 11.9 Å². The van der Waals surface area contributed by atoms with Gasteiger partial charge in [-0.1, -0.05) is 0 Å². The lowest BCUT2D eigenvalue weighted by atomic mass is 10.3. The highest BCUT2D eigenvalue weighted by Crippen LogP contribution is 2.00. The standard InChI is InChI=1S/C7H12N2O2/c1-5(10)7(4-8)9(3)6(2)11/h4H,8H2,1-3H3/b7-4-. The number of nitrogens with zero attached hydrogens (tertiary/aromatic N) is 1. The Bertz CT molecular complexity index is 208. The average molecular weight is 156 g/mol. The molecule has 0 rings (SSSR count). The minimum absolute atomic E-state index is 0.211. The highest BCUT2D eigenvalue weighted by atomic mass is 16.2. The van der Waals surface area contributed by atoms with Crippen LogP contribution in [0.25, 0.3) is 0 Å². The van der Waals surface area contributed by atoms with E-state index in [2.05, 4.69) is 0 Å². The first kappa shape index (κ1) is 9.68. The Labute approximate surface area is 65.7 Å². The summed E-state index contributed by atoms with van der Waals surface area (Å²) in [6.45, 7) is 2.73. The van der Waals surface area contributed by atoms with Gasteiger partial charge in [-0.3, -0.25) is 9.59 Å². The highest BCUT2D eigenvalue weighted by molar-refractivity contribution is 5.96. The SMILES string of the molecule is CC(=O)/C(=C/N)N(C)C(C)=O. The maximum atomic E-state index is 10.8. The molecule has 62 valence electrons. The summed E-state index contributed by atoms with van der Waals surface area (Å²) in [5.41, 5.74) is 5.36. The van der Waals surface area contributed by atoms with E-state index in [4.69, 9.17) is 5.73 Å². The molecule has 0 saturated heterocycles. The minimum Gasteiger partial charge on any atom is -0.403 e. The number of hydrogen-bond acceptors (Lipinski definition) is 3. The second-order valence-electron chi connectivity index (χ2n) is 2.19. The van der Waals surface area contributed by atoms with E-state index >= 15 is 0 Å². The van der Waals surface area contributed by atoms with Gasteiger partial charge in [-0.05, 0) is 0 Å². The molecule has 0 fully saturated rings. The second kappa shape index (κ2) is 3.75. The zero-order valence-corrected chi connectivity index (χ0v) is 6.92. The summed E-state index contributed by atoms with van der Waals surface area (Å²) in [5, 5.41) is 0. The van der Waals surface area contributed by atoms with Crippen LogP contribution in [0.2, 0.25) is 0 Å². The Hall–Kier alpha value is -1.32. The largest absolute Gasteiger partial charge is 0.403 e. The van der Waals surface area contributed by atoms with Crippen molar-refractivity contribution < 1.29 is 9.59 Å². The normalized spacial score (nSPS) is 11.0. The molecule has 0 aromatic heterocycles. The van der Waals surface area contributed by atoms with Gasteiger partial charge in [0.2, 0.25) is 5.91 Å². The summed E-state index contributed by atoms with van der Waals surface area (Å²) in [6.07, 6.45) is 1.13. The van der Waals surface area contributed by atoms with Crippen molar-refractivity contribution in [2.75, 3.05) is 7.05 Å². The van der Waals surface area contributed by atoms with Crippen LogP contribution in [-0.2, 0) is 9.59 Å². The van der Waals surface area contributed by atoms with Gasteiger partial charge in [-0.25, -0.2) is 0 Å². The van der Waals surface area contributed by atoms with Crippen LogP contribution in [0.1, 0.15) is 13.8 Å². The number of carbonyl (C=O) groups is 2. The fraction of sp³-hybridized carbons (Fsp3) is 0.429. The molecular formula is C7H12N2O2. The van der Waals surface area contributed by atoms with Gasteiger partial charge in [0.05, 0.1) is 0 Å². The van der Waals surface area contributed by atoms with Gasteiger partial charge >= 0.3 is 0 Å². The molecule has 2 N–H and O–H groups in total. The van der Waals surface area contributed by atoms with E-state index < -0.39 is 0 Å². The van der Waals surface area contributed by atoms with Gasteiger partial charge in [0.1, 0.15) is 5.70 Å². The third kappa shape index (κ3) is 2.41. The Morgan fingerprint density at radius 1 is 1.36 bits per heavy atom. The van der Waals surface area contributed by atoms with Crippen LogP contribution in [0.4, 0.5) is 0 Å². The minimum atomic E-state index is -0.217. The number of nitrogens with two attached hydrogens (primary N) is 1. The Morgan fingerprint density at radius 2 is 1.82 bits per heavy atom. The smallest absolute Gasteiger partial charge is 0.223 e. The van der Waals surface area contributed by atoms with Gasteiger partial charge in [0.15, 0.2) is 5.78 Å². The molecule has 0 spiro atoms. The number of likely N-dealkylation sites (N-methyl/N-ethyl adjacent to an activating group) is 1. The number of hydrogen-bond donors (Lipinski definition) is 1. The molecule has 0 unspecified atom stereocenters. The number of carbonyl (C=O) groups excluding carboxylic acids is 2. The molecule has 0 radical (unpaired) electrons. The third-order valence-corrected chi connectivity index (χ3v) is 1.35. The Kier molecular flexibility index (Phi) is 3.30. The van der Waals surface area contributed by atoms with E-state index in [1.54, 1.807) is 0 Å². The number of amides is 1. The molecule has 0 aliphatic carbocycles. The van der Waals surface area contributed by atoms with E-state index in [9.17, 15) is 9.59 Å². The van der Waals surface area contributed by atoms with E-state index in [-0.39, 0.29) is 17.4 Å². The molecule has 11 heavy (non-hydrogen) atoms. The number of rotatable bonds is 2. The van der Waals surface area contributed by atoms with Crippen LogP contribution >= 0.6 is 0 Å². The first-order chi connectivity index (χ1) is 5.00. The van der Waals surface area contributed by atoms with Crippen molar-refractivity contribution in [2.24, 2.45) is 5.73 Å². The molecule has 1 amide bonds. The summed E-state index contributed by atoms with van der Waals surface area (Å²) in [7, 11) is 1.50. The number of Topliss-reactive ketones (excluding diaryl/α,β-unsaturated/α-hetero) is 1. The molecule has 0 bridgehead atoms. The average Bonchev–Trinajstić information content (AvgIpc) is 1.88. The van der Waals surface area contributed by atoms with Crippen LogP contribution in [0.3, 0.4) is 0 Å². The monoisotopic (exact) mass is 156 g/mol. The van der Waals surface area contributed by atoms with Gasteiger partial charge in [0.25, 0.3) is 0 Å². The fourth-order valence-corrected chi connectivity index (χ4v) is 0.635. The van der Waals surface area contributed by atoms with Crippen molar-refractivity contribution in [1.29, 1.82) is 0 Å². The lowest BCUT2D eigenvalue weighted by Gasteiger charge is -2.15. The van der Waals surface area contributed by atoms with E-state index in [0.29, 0.717) is 0 Å². The molecule has 4 heteroatoms. The van der Waals surface area contributed by atoms with Gasteiger partial charge in [-0.15, -0.1) is 0 Å². The summed E-state index contributed by atoms with van der Waals surface area (Å²) in [5.74, 6) is -0.429. The van der Waals surface area contributed by atoms with Crippen molar-refractivity contribution in [2.45, 2.75) is 13.8 Å². The number of ketones is 1. The maximum absolute atomic E-state index is 10.8. The molecule has 0 aromatic rings. The predicted molar refractivity (Wildman–Crippen MR) is 41.4 cm³/mol. The third-order valence-electron chi connectivity index (χ3n) is 1.35. The van der Waals surface area contributed by atoms with Crippen LogP contribution in [0, 0.1) is 0 Å². The van der Waals surface area contributed by atoms with Crippen molar-refractivity contribution in [3.63, 3.8) is 0 Å². The molecule has 0 heterocycles. The second-order valence-corrected chi connectivity index (χ2v) is 2.19. The highest BCUT2D eigenvalue weighted by Gasteiger charge is 2.11. The predicted octanol–water partition coefficient (Wildman–Crippen LogP) is -0.146. The summed E-state index contributed by atoms with van der Waals surface area (Å²) in [6, 6.07) is 0. The Morgan fingerprint density at radius 3 is 1.91 bits per heavy atom. The van der Waals surface area contributed by atoms with Gasteiger partial charge < -0.3 is 10.6 Å². The first-order valence-electron chi connectivity index (χ1n) is 3.17. The van der Waals surface area contributed by atoms with E-state index in [0.717, 1.165) is 6.20 Å². The van der Waals surface area contributed by atoms with Crippen molar-refractivity contribution >= 4 is 11.7 Å². The molecule has 4 nitrogen and oxygen atoms in total. The molecule has 0 aliphatic heterocycles. The van der Waals surface area contributed by atoms with Crippen LogP contribution in [0.5, 0.6) is 0 Å². The van der Waals surface area contributed by atoms with Crippen LogP contribution < -0.4 is 5.73 Å². The lowest BCUT2D eigenvalue weighted by Crippen LogP contribution is -2.27. The fourth-order valence-electron chi connectivity index (χ4n) is 0.635. The topological polar surface area (TPSA) is 63.4 Å². The molecule has 0 atom stereocenters. The van der Waals surface area contributed by atoms with Crippen molar-refractivity contribution in [3.05, 3.63) is 11.9 Å². The van der Waals surface area contributed by atoms with Crippen LogP contribution in [-0.4, -0.2) is 23.6 Å². The van der Waals surface area contributed by atoms with Crippen molar-refractivity contribution in [3.8, 4) is 0 Å². The first-order valence-corrected chi connectivity index (χ1v) is 3.17. The lowest BCUT2D eigenvalue weighted by molar-refractivity contribution is -0.128. The zero-order chi connectivity index (χ0) is 9.02. The molecular weight excluding hydrogens is 144 g/mol. The van der Waals surface area contributed by atoms with Gasteiger partial charge in [0, 0.05) is 27.1 Å². The van der Waals surface area contributed by atoms with Crippen molar-refractivity contribution in [1.82, 2.24) is 4.90 Å². The maximum Gasteiger partial charge on any atom is 0.223 e. The summed E-state index contributed by atoms with van der Waals surface area (Å²) in [4.78, 5) is 22.7. The summed E-state index contributed by atoms with van der Waals surface area (Å²) < 4.78 is 0. The molecule has 0 saturated carbocycles. The van der Waals surface area contributed by atoms with E-state index in [1.165, 1.54) is 25.8 Å². The quantitative estimate of drug-likeness (QED) is 0.566. The molecule has 0 aliphatic rings. The zero-order valence-electron chi connectivity index (χ0n) is 6.92. The summed E-state index contributed by atoms with van der Waals surface area (Å²) >= 11 is 0. The Balaban J connectivity index is 4.54.